The van der Waals surface area contributed by atoms with Gasteiger partial charge in [0.05, 0.1) is 18.4 Å². The Morgan fingerprint density at radius 1 is 1.40 bits per heavy atom. The van der Waals surface area contributed by atoms with Gasteiger partial charge in [-0.05, 0) is 31.0 Å². The Bertz CT molecular complexity index is 756. The van der Waals surface area contributed by atoms with Crippen molar-refractivity contribution in [2.45, 2.75) is 25.3 Å². The summed E-state index contributed by atoms with van der Waals surface area (Å²) in [6.45, 7) is 0.683. The Labute approximate surface area is 115 Å². The standard InChI is InChI=1S/C14H15N5O/c1-19-11(8-16-18-19)7-15-10-4-5-13-12(6-10)17-14(20-13)9-2-3-9/h4-6,8-9,15H,2-3,7H2,1H3. The first-order valence-corrected chi connectivity index (χ1v) is 6.77. The lowest BCUT2D eigenvalue weighted by Gasteiger charge is -2.05. The number of nitrogens with one attached hydrogen (secondary N) is 1. The highest BCUT2D eigenvalue weighted by Gasteiger charge is 2.28. The average molecular weight is 269 g/mol. The topological polar surface area (TPSA) is 68.8 Å². The lowest BCUT2D eigenvalue weighted by molar-refractivity contribution is 0.533. The number of benzene rings is 1. The lowest BCUT2D eigenvalue weighted by Crippen LogP contribution is -2.05. The highest BCUT2D eigenvalue weighted by atomic mass is 16.3. The van der Waals surface area contributed by atoms with Crippen molar-refractivity contribution in [3.63, 3.8) is 0 Å². The van der Waals surface area contributed by atoms with E-state index in [1.54, 1.807) is 10.9 Å². The van der Waals surface area contributed by atoms with E-state index in [0.29, 0.717) is 12.5 Å². The van der Waals surface area contributed by atoms with Crippen LogP contribution in [0.15, 0.2) is 28.8 Å². The van der Waals surface area contributed by atoms with Crippen molar-refractivity contribution in [1.82, 2.24) is 20.0 Å². The van der Waals surface area contributed by atoms with E-state index in [-0.39, 0.29) is 0 Å². The van der Waals surface area contributed by atoms with Crippen molar-refractivity contribution in [1.29, 1.82) is 0 Å². The second-order valence-electron chi connectivity index (χ2n) is 5.21. The van der Waals surface area contributed by atoms with E-state index in [1.807, 2.05) is 25.2 Å². The van der Waals surface area contributed by atoms with Crippen LogP contribution < -0.4 is 5.32 Å². The summed E-state index contributed by atoms with van der Waals surface area (Å²) in [5, 5.41) is 11.1. The minimum atomic E-state index is 0.541. The fourth-order valence-corrected chi connectivity index (χ4v) is 2.22. The fraction of sp³-hybridized carbons (Fsp3) is 0.357. The number of rotatable bonds is 4. The molecule has 20 heavy (non-hydrogen) atoms. The van der Waals surface area contributed by atoms with Crippen molar-refractivity contribution in [3.8, 4) is 0 Å². The Morgan fingerprint density at radius 3 is 3.05 bits per heavy atom. The van der Waals surface area contributed by atoms with Crippen LogP contribution in [-0.4, -0.2) is 20.0 Å². The van der Waals surface area contributed by atoms with Gasteiger partial charge in [0, 0.05) is 18.7 Å². The summed E-state index contributed by atoms with van der Waals surface area (Å²) in [5.41, 5.74) is 3.83. The molecule has 6 nitrogen and oxygen atoms in total. The van der Waals surface area contributed by atoms with Crippen LogP contribution in [0.4, 0.5) is 5.69 Å². The number of aromatic nitrogens is 4. The van der Waals surface area contributed by atoms with Crippen molar-refractivity contribution in [3.05, 3.63) is 36.0 Å². The van der Waals surface area contributed by atoms with Gasteiger partial charge in [0.25, 0.3) is 0 Å². The summed E-state index contributed by atoms with van der Waals surface area (Å²) in [4.78, 5) is 4.56. The van der Waals surface area contributed by atoms with Crippen molar-refractivity contribution >= 4 is 16.8 Å². The zero-order valence-electron chi connectivity index (χ0n) is 11.2. The van der Waals surface area contributed by atoms with E-state index in [9.17, 15) is 0 Å². The van der Waals surface area contributed by atoms with E-state index < -0.39 is 0 Å². The quantitative estimate of drug-likeness (QED) is 0.787. The monoisotopic (exact) mass is 269 g/mol. The number of anilines is 1. The van der Waals surface area contributed by atoms with Gasteiger partial charge >= 0.3 is 0 Å². The number of hydrogen-bond acceptors (Lipinski definition) is 5. The van der Waals surface area contributed by atoms with Gasteiger partial charge in [-0.15, -0.1) is 5.10 Å². The summed E-state index contributed by atoms with van der Waals surface area (Å²) in [5.74, 6) is 1.42. The molecule has 1 fully saturated rings. The van der Waals surface area contributed by atoms with Crippen molar-refractivity contribution in [2.75, 3.05) is 5.32 Å². The maximum atomic E-state index is 5.75. The SMILES string of the molecule is Cn1nncc1CNc1ccc2oc(C3CC3)nc2c1. The molecule has 0 bridgehead atoms. The van der Waals surface area contributed by atoms with Crippen molar-refractivity contribution < 1.29 is 4.42 Å². The van der Waals surface area contributed by atoms with Crippen LogP contribution in [0, 0.1) is 0 Å². The van der Waals surface area contributed by atoms with Gasteiger partial charge < -0.3 is 9.73 Å². The summed E-state index contributed by atoms with van der Waals surface area (Å²) in [6.07, 6.45) is 4.16. The first kappa shape index (κ1) is 11.5. The molecule has 2 aromatic heterocycles. The molecule has 1 saturated carbocycles. The van der Waals surface area contributed by atoms with Gasteiger partial charge in [0.1, 0.15) is 5.52 Å². The Balaban J connectivity index is 1.55. The fourth-order valence-electron chi connectivity index (χ4n) is 2.22. The summed E-state index contributed by atoms with van der Waals surface area (Å²) in [7, 11) is 1.88. The molecule has 102 valence electrons. The van der Waals surface area contributed by atoms with Crippen LogP contribution in [-0.2, 0) is 13.6 Å². The molecule has 1 aromatic carbocycles. The first-order chi connectivity index (χ1) is 9.79. The molecule has 2 heterocycles. The number of hydrogen-bond donors (Lipinski definition) is 1. The third-order valence-corrected chi connectivity index (χ3v) is 3.61. The van der Waals surface area contributed by atoms with Crippen LogP contribution >= 0.6 is 0 Å². The van der Waals surface area contributed by atoms with Gasteiger partial charge in [0.15, 0.2) is 11.5 Å². The highest BCUT2D eigenvalue weighted by molar-refractivity contribution is 5.77. The molecule has 1 aliphatic carbocycles. The Hall–Kier alpha value is -2.37. The number of nitrogens with zero attached hydrogens (tertiary/aromatic N) is 4. The zero-order valence-corrected chi connectivity index (χ0v) is 11.2. The molecule has 0 atom stereocenters. The predicted octanol–water partition coefficient (Wildman–Crippen LogP) is 2.45. The van der Waals surface area contributed by atoms with Gasteiger partial charge in [-0.25, -0.2) is 4.98 Å². The van der Waals surface area contributed by atoms with Crippen LogP contribution in [0.3, 0.4) is 0 Å². The number of oxazole rings is 1. The van der Waals surface area contributed by atoms with Crippen LogP contribution in [0.2, 0.25) is 0 Å². The number of aryl methyl sites for hydroxylation is 1. The van der Waals surface area contributed by atoms with E-state index in [0.717, 1.165) is 28.4 Å². The highest BCUT2D eigenvalue weighted by Crippen LogP contribution is 2.40. The molecule has 0 radical (unpaired) electrons. The van der Waals surface area contributed by atoms with Crippen LogP contribution in [0.5, 0.6) is 0 Å². The van der Waals surface area contributed by atoms with E-state index in [4.69, 9.17) is 4.42 Å². The van der Waals surface area contributed by atoms with Gasteiger partial charge in [0.2, 0.25) is 0 Å². The summed E-state index contributed by atoms with van der Waals surface area (Å²) in [6, 6.07) is 6.00. The van der Waals surface area contributed by atoms with Crippen LogP contribution in [0.1, 0.15) is 30.3 Å². The molecule has 0 amide bonds. The van der Waals surface area contributed by atoms with Crippen LogP contribution in [0.25, 0.3) is 11.1 Å². The maximum Gasteiger partial charge on any atom is 0.198 e. The van der Waals surface area contributed by atoms with Gasteiger partial charge in [-0.1, -0.05) is 5.21 Å². The molecule has 1 aliphatic rings. The average Bonchev–Trinajstić information content (AvgIpc) is 3.09. The second-order valence-corrected chi connectivity index (χ2v) is 5.21. The minimum Gasteiger partial charge on any atom is -0.440 e. The Morgan fingerprint density at radius 2 is 2.30 bits per heavy atom. The summed E-state index contributed by atoms with van der Waals surface area (Å²) < 4.78 is 7.51. The molecule has 4 rings (SSSR count). The molecule has 0 unspecified atom stereocenters. The maximum absolute atomic E-state index is 5.75. The van der Waals surface area contributed by atoms with E-state index in [1.165, 1.54) is 12.8 Å². The molecular formula is C14H15N5O. The molecule has 1 N–H and O–H groups in total. The first-order valence-electron chi connectivity index (χ1n) is 6.77. The lowest BCUT2D eigenvalue weighted by atomic mass is 10.3. The molecule has 6 heteroatoms. The third-order valence-electron chi connectivity index (χ3n) is 3.61. The van der Waals surface area contributed by atoms with Gasteiger partial charge in [-0.2, -0.15) is 0 Å². The van der Waals surface area contributed by atoms with E-state index >= 15 is 0 Å². The minimum absolute atomic E-state index is 0.541. The van der Waals surface area contributed by atoms with Crippen molar-refractivity contribution in [2.24, 2.45) is 7.05 Å². The molecule has 0 saturated heterocycles. The largest absolute Gasteiger partial charge is 0.440 e. The van der Waals surface area contributed by atoms with Gasteiger partial charge in [-0.3, -0.25) is 4.68 Å². The Kier molecular flexibility index (Phi) is 2.48. The smallest absolute Gasteiger partial charge is 0.198 e. The normalized spacial score (nSPS) is 14.8. The van der Waals surface area contributed by atoms with E-state index in [2.05, 4.69) is 20.6 Å². The summed E-state index contributed by atoms with van der Waals surface area (Å²) >= 11 is 0. The molecule has 3 aromatic rings. The molecule has 0 spiro atoms. The predicted molar refractivity (Wildman–Crippen MR) is 74.3 cm³/mol. The second kappa shape index (κ2) is 4.33. The molecule has 0 aliphatic heterocycles. The number of fused-ring (bicyclic) bond motifs is 1. The third kappa shape index (κ3) is 2.03. The zero-order chi connectivity index (χ0) is 13.5. The molecular weight excluding hydrogens is 254 g/mol.